The molecule has 0 radical (unpaired) electrons. The first-order chi connectivity index (χ1) is 7.81. The van der Waals surface area contributed by atoms with E-state index in [1.54, 1.807) is 6.07 Å². The lowest BCUT2D eigenvalue weighted by Gasteiger charge is -2.05. The Morgan fingerprint density at radius 1 is 1.06 bits per heavy atom. The molecule has 16 heavy (non-hydrogen) atoms. The van der Waals surface area contributed by atoms with Crippen LogP contribution in [0.15, 0.2) is 53.6 Å². The Hall–Kier alpha value is -2.25. The molecule has 3 nitrogen and oxygen atoms in total. The Kier molecular flexibility index (Phi) is 2.90. The fraction of sp³-hybridized carbons (Fsp3) is 0.0769. The molecule has 0 N–H and O–H groups in total. The lowest BCUT2D eigenvalue weighted by molar-refractivity contribution is 1.43. The van der Waals surface area contributed by atoms with Gasteiger partial charge in [-0.25, -0.2) is 0 Å². The molecule has 0 aliphatic carbocycles. The van der Waals surface area contributed by atoms with Crippen molar-refractivity contribution in [2.75, 3.05) is 0 Å². The van der Waals surface area contributed by atoms with Crippen LogP contribution in [0, 0.1) is 6.92 Å². The summed E-state index contributed by atoms with van der Waals surface area (Å²) in [5.41, 5.74) is 12.5. The molecule has 2 aromatic rings. The summed E-state index contributed by atoms with van der Waals surface area (Å²) in [4.78, 5) is 2.79. The number of aryl methyl sites for hydroxylation is 1. The van der Waals surface area contributed by atoms with Crippen LogP contribution in [-0.4, -0.2) is 0 Å². The predicted molar refractivity (Wildman–Crippen MR) is 65.4 cm³/mol. The minimum atomic E-state index is 0.642. The number of hydrogen-bond donors (Lipinski definition) is 0. The molecule has 3 heteroatoms. The summed E-state index contributed by atoms with van der Waals surface area (Å²) in [6.45, 7) is 2.07. The molecule has 2 rings (SSSR count). The zero-order valence-corrected chi connectivity index (χ0v) is 8.96. The third-order valence-electron chi connectivity index (χ3n) is 2.46. The molecule has 78 valence electrons. The third kappa shape index (κ3) is 2.05. The topological polar surface area (TPSA) is 48.8 Å². The second kappa shape index (κ2) is 4.51. The van der Waals surface area contributed by atoms with E-state index in [0.29, 0.717) is 5.69 Å². The molecule has 0 amide bonds. The van der Waals surface area contributed by atoms with Crippen LogP contribution in [-0.2, 0) is 0 Å². The number of azide groups is 1. The third-order valence-corrected chi connectivity index (χ3v) is 2.46. The summed E-state index contributed by atoms with van der Waals surface area (Å²) in [5.74, 6) is 0. The van der Waals surface area contributed by atoms with Crippen molar-refractivity contribution in [3.05, 3.63) is 64.5 Å². The molecule has 0 aliphatic heterocycles. The monoisotopic (exact) mass is 209 g/mol. The lowest BCUT2D eigenvalue weighted by atomic mass is 10.0. The van der Waals surface area contributed by atoms with Crippen LogP contribution in [0.4, 0.5) is 5.69 Å². The SMILES string of the molecule is Cc1ccccc1-c1cccc(N=[N+]=[N-])c1. The van der Waals surface area contributed by atoms with Crippen molar-refractivity contribution in [2.24, 2.45) is 5.11 Å². The number of hydrogen-bond acceptors (Lipinski definition) is 1. The maximum absolute atomic E-state index is 8.39. The quantitative estimate of drug-likeness (QED) is 0.394. The van der Waals surface area contributed by atoms with E-state index in [0.717, 1.165) is 11.1 Å². The highest BCUT2D eigenvalue weighted by Crippen LogP contribution is 2.26. The van der Waals surface area contributed by atoms with Crippen molar-refractivity contribution in [1.29, 1.82) is 0 Å². The Balaban J connectivity index is 2.52. The van der Waals surface area contributed by atoms with Gasteiger partial charge in [-0.2, -0.15) is 0 Å². The zero-order chi connectivity index (χ0) is 11.4. The van der Waals surface area contributed by atoms with Gasteiger partial charge in [-0.1, -0.05) is 47.6 Å². The molecule has 0 spiro atoms. The molecule has 0 aromatic heterocycles. The van der Waals surface area contributed by atoms with E-state index in [4.69, 9.17) is 5.53 Å². The van der Waals surface area contributed by atoms with Crippen molar-refractivity contribution in [3.63, 3.8) is 0 Å². The second-order valence-corrected chi connectivity index (χ2v) is 3.55. The van der Waals surface area contributed by atoms with E-state index in [-0.39, 0.29) is 0 Å². The summed E-state index contributed by atoms with van der Waals surface area (Å²) in [6.07, 6.45) is 0. The molecule has 0 saturated heterocycles. The second-order valence-electron chi connectivity index (χ2n) is 3.55. The van der Waals surface area contributed by atoms with Gasteiger partial charge in [-0.05, 0) is 35.2 Å². The van der Waals surface area contributed by atoms with Crippen molar-refractivity contribution < 1.29 is 0 Å². The van der Waals surface area contributed by atoms with Gasteiger partial charge >= 0.3 is 0 Å². The van der Waals surface area contributed by atoms with Gasteiger partial charge in [-0.15, -0.1) is 0 Å². The fourth-order valence-electron chi connectivity index (χ4n) is 1.68. The van der Waals surface area contributed by atoms with Gasteiger partial charge in [0, 0.05) is 10.6 Å². The van der Waals surface area contributed by atoms with Gasteiger partial charge in [0.15, 0.2) is 0 Å². The lowest BCUT2D eigenvalue weighted by Crippen LogP contribution is -1.81. The normalized spacial score (nSPS) is 9.56. The van der Waals surface area contributed by atoms with Crippen molar-refractivity contribution in [1.82, 2.24) is 0 Å². The molecule has 0 fully saturated rings. The maximum Gasteiger partial charge on any atom is 0.0381 e. The van der Waals surface area contributed by atoms with Gasteiger partial charge < -0.3 is 0 Å². The van der Waals surface area contributed by atoms with Crippen LogP contribution < -0.4 is 0 Å². The molecular weight excluding hydrogens is 198 g/mol. The molecule has 2 aromatic carbocycles. The molecular formula is C13H11N3. The maximum atomic E-state index is 8.39. The Morgan fingerprint density at radius 3 is 2.62 bits per heavy atom. The summed E-state index contributed by atoms with van der Waals surface area (Å²) in [5, 5.41) is 3.60. The van der Waals surface area contributed by atoms with Crippen LogP contribution in [0.2, 0.25) is 0 Å². The van der Waals surface area contributed by atoms with Crippen LogP contribution in [0.3, 0.4) is 0 Å². The Bertz CT molecular complexity index is 555. The van der Waals surface area contributed by atoms with E-state index in [2.05, 4.69) is 29.1 Å². The van der Waals surface area contributed by atoms with Crippen molar-refractivity contribution >= 4 is 5.69 Å². The average Bonchev–Trinajstić information content (AvgIpc) is 2.30. The minimum Gasteiger partial charge on any atom is -0.0620 e. The number of rotatable bonds is 2. The van der Waals surface area contributed by atoms with Crippen LogP contribution >= 0.6 is 0 Å². The summed E-state index contributed by atoms with van der Waals surface area (Å²) in [7, 11) is 0. The summed E-state index contributed by atoms with van der Waals surface area (Å²) >= 11 is 0. The molecule has 0 aliphatic rings. The first kappa shape index (κ1) is 10.3. The summed E-state index contributed by atoms with van der Waals surface area (Å²) in [6, 6.07) is 15.7. The fourth-order valence-corrected chi connectivity index (χ4v) is 1.68. The standard InChI is InChI=1S/C13H11N3/c1-10-5-2-3-8-13(10)11-6-4-7-12(9-11)15-16-14/h2-9H,1H3. The van der Waals surface area contributed by atoms with Crippen LogP contribution in [0.1, 0.15) is 5.56 Å². The zero-order valence-electron chi connectivity index (χ0n) is 8.96. The van der Waals surface area contributed by atoms with Gasteiger partial charge in [0.25, 0.3) is 0 Å². The number of nitrogens with zero attached hydrogens (tertiary/aromatic N) is 3. The molecule has 0 bridgehead atoms. The van der Waals surface area contributed by atoms with E-state index in [1.807, 2.05) is 30.3 Å². The van der Waals surface area contributed by atoms with E-state index in [1.165, 1.54) is 5.56 Å². The number of benzene rings is 2. The average molecular weight is 209 g/mol. The van der Waals surface area contributed by atoms with Crippen molar-refractivity contribution in [3.8, 4) is 11.1 Å². The van der Waals surface area contributed by atoms with Gasteiger partial charge in [0.1, 0.15) is 0 Å². The van der Waals surface area contributed by atoms with Gasteiger partial charge in [-0.3, -0.25) is 0 Å². The summed E-state index contributed by atoms with van der Waals surface area (Å²) < 4.78 is 0. The van der Waals surface area contributed by atoms with E-state index in [9.17, 15) is 0 Å². The largest absolute Gasteiger partial charge is 0.0620 e. The highest BCUT2D eigenvalue weighted by molar-refractivity contribution is 5.69. The smallest absolute Gasteiger partial charge is 0.0381 e. The molecule has 0 atom stereocenters. The van der Waals surface area contributed by atoms with E-state index >= 15 is 0 Å². The van der Waals surface area contributed by atoms with Crippen LogP contribution in [0.25, 0.3) is 21.6 Å². The Morgan fingerprint density at radius 2 is 1.88 bits per heavy atom. The highest BCUT2D eigenvalue weighted by atomic mass is 15.1. The predicted octanol–water partition coefficient (Wildman–Crippen LogP) is 4.60. The molecule has 0 saturated carbocycles. The van der Waals surface area contributed by atoms with Gasteiger partial charge in [0.2, 0.25) is 0 Å². The van der Waals surface area contributed by atoms with Crippen LogP contribution in [0.5, 0.6) is 0 Å². The highest BCUT2D eigenvalue weighted by Gasteiger charge is 2.00. The first-order valence-corrected chi connectivity index (χ1v) is 5.02. The minimum absolute atomic E-state index is 0.642. The molecule has 0 heterocycles. The van der Waals surface area contributed by atoms with E-state index < -0.39 is 0 Å². The first-order valence-electron chi connectivity index (χ1n) is 5.02. The van der Waals surface area contributed by atoms with Crippen molar-refractivity contribution in [2.45, 2.75) is 6.92 Å². The Labute approximate surface area is 94.0 Å². The van der Waals surface area contributed by atoms with Gasteiger partial charge in [0.05, 0.1) is 0 Å². The molecule has 0 unspecified atom stereocenters.